The van der Waals surface area contributed by atoms with Gasteiger partial charge in [0.05, 0.1) is 18.8 Å². The summed E-state index contributed by atoms with van der Waals surface area (Å²) < 4.78 is 22.7. The van der Waals surface area contributed by atoms with E-state index in [2.05, 4.69) is 69.4 Å². The number of hydroxylamine groups is 2. The number of likely N-dealkylation sites (N-methyl/N-ethyl adjacent to an activating group) is 1. The van der Waals surface area contributed by atoms with Crippen LogP contribution in [0, 0.1) is 58.7 Å². The zero-order valence-electron chi connectivity index (χ0n) is 36.9. The number of carbonyl (C=O) groups is 2. The Morgan fingerprint density at radius 1 is 1.00 bits per heavy atom. The topological polar surface area (TPSA) is 127 Å². The van der Waals surface area contributed by atoms with Crippen LogP contribution >= 0.6 is 0 Å². The average molecular weight is 806 g/mol. The van der Waals surface area contributed by atoms with Gasteiger partial charge in [-0.25, -0.2) is 4.39 Å². The fourth-order valence-electron chi connectivity index (χ4n) is 13.1. The van der Waals surface area contributed by atoms with Gasteiger partial charge in [0.15, 0.2) is 0 Å². The number of alkyl halides is 1. The van der Waals surface area contributed by atoms with Crippen molar-refractivity contribution in [3.63, 3.8) is 0 Å². The minimum absolute atomic E-state index is 0.0187. The first-order valence-electron chi connectivity index (χ1n) is 22.8. The van der Waals surface area contributed by atoms with Gasteiger partial charge in [-0.05, 0) is 127 Å². The summed E-state index contributed by atoms with van der Waals surface area (Å²) in [5, 5.41) is 29.9. The lowest BCUT2D eigenvalue weighted by Crippen LogP contribution is -2.62. The Morgan fingerprint density at radius 3 is 2.32 bits per heavy atom. The van der Waals surface area contributed by atoms with Crippen LogP contribution < -0.4 is 10.6 Å². The van der Waals surface area contributed by atoms with Crippen LogP contribution in [0.4, 0.5) is 4.39 Å². The molecule has 6 saturated carbocycles. The molecule has 6 aliphatic carbocycles. The molecule has 11 nitrogen and oxygen atoms in total. The molecule has 0 aromatic carbocycles. The quantitative estimate of drug-likeness (QED) is 0.183. The van der Waals surface area contributed by atoms with E-state index in [1.165, 1.54) is 38.5 Å². The third-order valence-electron chi connectivity index (χ3n) is 16.5. The highest BCUT2D eigenvalue weighted by molar-refractivity contribution is 5.83. The number of nitrogens with zero attached hydrogens (tertiary/aromatic N) is 3. The Kier molecular flexibility index (Phi) is 15.1. The van der Waals surface area contributed by atoms with Crippen LogP contribution in [0.5, 0.6) is 0 Å². The molecule has 7 fully saturated rings. The van der Waals surface area contributed by atoms with Crippen LogP contribution in [0.1, 0.15) is 111 Å². The van der Waals surface area contributed by atoms with Crippen molar-refractivity contribution in [1.29, 1.82) is 0 Å². The van der Waals surface area contributed by atoms with Crippen LogP contribution in [0.15, 0.2) is 0 Å². The molecule has 1 heterocycles. The molecule has 2 amide bonds. The standard InChI is InChI=1S/C45H80FN5O6/c1-26-36-21-31(45(36,3)4)22-38(26)48-44(55)41-40(27(2)53)39(25-52)57-51(41)24-35-37(46)16-15-34(42(35)56-9)29-18-30(20-33(19-29)50(7)8)43(54)47-32(23-49(5)6)17-28-13-11-10-12-14-28/h26-42,52-53H,10-25H2,1-9H3,(H,47,54)(H,48,55)/t26-,27-,29?,30?,31+,32-,33?,34?,35?,36-,37?,38-,39-,40+,41-,42?/m0/s1. The molecule has 57 heavy (non-hydrogen) atoms. The summed E-state index contributed by atoms with van der Waals surface area (Å²) in [6.45, 7) is 9.12. The van der Waals surface area contributed by atoms with Gasteiger partial charge in [-0.2, -0.15) is 5.06 Å². The Balaban J connectivity index is 1.18. The van der Waals surface area contributed by atoms with Crippen molar-refractivity contribution in [1.82, 2.24) is 25.5 Å². The number of halogens is 1. The second-order valence-corrected chi connectivity index (χ2v) is 20.9. The molecule has 1 aliphatic heterocycles. The smallest absolute Gasteiger partial charge is 0.240 e. The lowest BCUT2D eigenvalue weighted by Gasteiger charge is -2.62. The number of aliphatic hydroxyl groups excluding tert-OH is 2. The minimum Gasteiger partial charge on any atom is -0.394 e. The lowest BCUT2D eigenvalue weighted by molar-refractivity contribution is -0.199. The molecular weight excluding hydrogens is 726 g/mol. The molecule has 0 spiro atoms. The number of ether oxygens (including phenoxy) is 1. The van der Waals surface area contributed by atoms with Crippen molar-refractivity contribution >= 4 is 11.8 Å². The highest BCUT2D eigenvalue weighted by Crippen LogP contribution is 2.61. The Hall–Kier alpha value is -1.41. The summed E-state index contributed by atoms with van der Waals surface area (Å²) >= 11 is 0. The second-order valence-electron chi connectivity index (χ2n) is 20.9. The van der Waals surface area contributed by atoms with Gasteiger partial charge in [0.2, 0.25) is 11.8 Å². The molecule has 7 unspecified atom stereocenters. The molecule has 1 saturated heterocycles. The zero-order chi connectivity index (χ0) is 41.3. The van der Waals surface area contributed by atoms with E-state index in [1.807, 2.05) is 0 Å². The maximum atomic E-state index is 16.4. The maximum absolute atomic E-state index is 16.4. The number of nitrogens with one attached hydrogen (secondary N) is 2. The predicted octanol–water partition coefficient (Wildman–Crippen LogP) is 4.89. The van der Waals surface area contributed by atoms with Crippen LogP contribution in [0.2, 0.25) is 0 Å². The van der Waals surface area contributed by atoms with E-state index in [-0.39, 0.29) is 66.3 Å². The third kappa shape index (κ3) is 9.88. The number of hydrogen-bond acceptors (Lipinski definition) is 9. The number of amides is 2. The van der Waals surface area contributed by atoms with E-state index >= 15 is 4.39 Å². The van der Waals surface area contributed by atoms with Crippen LogP contribution in [-0.2, 0) is 19.2 Å². The van der Waals surface area contributed by atoms with Gasteiger partial charge in [0, 0.05) is 56.1 Å². The number of rotatable bonds is 15. The molecule has 0 radical (unpaired) electrons. The number of methoxy groups -OCH3 is 1. The van der Waals surface area contributed by atoms with E-state index < -0.39 is 42.4 Å². The first-order valence-corrected chi connectivity index (χ1v) is 22.8. The summed E-state index contributed by atoms with van der Waals surface area (Å²) in [7, 11) is 10.0. The summed E-state index contributed by atoms with van der Waals surface area (Å²) in [5.74, 6) is 0.779. The summed E-state index contributed by atoms with van der Waals surface area (Å²) in [6, 6.07) is -0.528. The normalized spacial score (nSPS) is 41.1. The first-order chi connectivity index (χ1) is 27.0. The highest BCUT2D eigenvalue weighted by atomic mass is 19.1. The second kappa shape index (κ2) is 19.1. The zero-order valence-corrected chi connectivity index (χ0v) is 36.9. The summed E-state index contributed by atoms with van der Waals surface area (Å²) in [6.07, 6.45) is 9.65. The lowest BCUT2D eigenvalue weighted by atomic mass is 9.45. The van der Waals surface area contributed by atoms with Crippen molar-refractivity contribution in [3.05, 3.63) is 0 Å². The molecule has 328 valence electrons. The van der Waals surface area contributed by atoms with Gasteiger partial charge in [0.25, 0.3) is 0 Å². The number of carbonyl (C=O) groups excluding carboxylic acids is 2. The Labute approximate surface area is 343 Å². The molecule has 7 aliphatic rings. The van der Waals surface area contributed by atoms with Gasteiger partial charge in [-0.1, -0.05) is 52.9 Å². The minimum atomic E-state index is -1.18. The number of aliphatic hydroxyl groups is 2. The maximum Gasteiger partial charge on any atom is 0.240 e. The van der Waals surface area contributed by atoms with Gasteiger partial charge >= 0.3 is 0 Å². The van der Waals surface area contributed by atoms with Crippen LogP contribution in [0.3, 0.4) is 0 Å². The fraction of sp³-hybridized carbons (Fsp3) is 0.956. The third-order valence-corrected chi connectivity index (χ3v) is 16.5. The van der Waals surface area contributed by atoms with Crippen molar-refractivity contribution in [2.75, 3.05) is 55.0 Å². The molecule has 0 aromatic heterocycles. The van der Waals surface area contributed by atoms with Crippen molar-refractivity contribution in [2.24, 2.45) is 58.7 Å². The molecule has 2 bridgehead atoms. The van der Waals surface area contributed by atoms with Crippen molar-refractivity contribution in [3.8, 4) is 0 Å². The van der Waals surface area contributed by atoms with Crippen molar-refractivity contribution in [2.45, 2.75) is 160 Å². The number of hydrogen-bond donors (Lipinski definition) is 4. The largest absolute Gasteiger partial charge is 0.394 e. The average Bonchev–Trinajstić information content (AvgIpc) is 3.54. The summed E-state index contributed by atoms with van der Waals surface area (Å²) in [4.78, 5) is 39.4. The van der Waals surface area contributed by atoms with E-state index in [0.29, 0.717) is 36.5 Å². The van der Waals surface area contributed by atoms with Crippen LogP contribution in [-0.4, -0.2) is 141 Å². The SMILES string of the molecule is COC1C(CN2O[C@@H](CO)[C@@H]([C@H](C)O)[C@H]2C(=O)N[C@H]2C[C@H]3C[C@@H]([C@@H]2C)C3(C)C)C(F)CCC1C1CC(C(=O)N[C@@H](CC2CCCCC2)CN(C)C)CC(N(C)C)C1. The highest BCUT2D eigenvalue weighted by Gasteiger charge is 2.58. The molecule has 0 aromatic rings. The van der Waals surface area contributed by atoms with Gasteiger partial charge in [-0.15, -0.1) is 0 Å². The van der Waals surface area contributed by atoms with Gasteiger partial charge < -0.3 is 35.4 Å². The van der Waals surface area contributed by atoms with Gasteiger partial charge in [0.1, 0.15) is 18.3 Å². The Bertz CT molecular complexity index is 1330. The first kappa shape index (κ1) is 45.1. The van der Waals surface area contributed by atoms with E-state index in [1.54, 1.807) is 19.1 Å². The molecule has 4 N–H and O–H groups in total. The summed E-state index contributed by atoms with van der Waals surface area (Å²) in [5.41, 5.74) is 0.272. The Morgan fingerprint density at radius 2 is 1.72 bits per heavy atom. The molecule has 16 atom stereocenters. The van der Waals surface area contributed by atoms with Crippen molar-refractivity contribution < 1.29 is 33.8 Å². The van der Waals surface area contributed by atoms with Crippen LogP contribution in [0.25, 0.3) is 0 Å². The molecule has 12 heteroatoms. The van der Waals surface area contributed by atoms with Gasteiger partial charge in [-0.3, -0.25) is 14.4 Å². The van der Waals surface area contributed by atoms with E-state index in [4.69, 9.17) is 9.57 Å². The van der Waals surface area contributed by atoms with E-state index in [0.717, 1.165) is 38.6 Å². The predicted molar refractivity (Wildman–Crippen MR) is 221 cm³/mol. The fourth-order valence-corrected chi connectivity index (χ4v) is 13.1. The monoisotopic (exact) mass is 806 g/mol. The molecule has 7 rings (SSSR count). The van der Waals surface area contributed by atoms with E-state index in [9.17, 15) is 19.8 Å². The number of fused-ring (bicyclic) bond motifs is 2. The molecular formula is C45H80FN5O6.